The molecule has 6 nitrogen and oxygen atoms in total. The van der Waals surface area contributed by atoms with E-state index in [-0.39, 0.29) is 12.5 Å². The van der Waals surface area contributed by atoms with Gasteiger partial charge in [0.15, 0.2) is 0 Å². The van der Waals surface area contributed by atoms with Gasteiger partial charge in [-0.3, -0.25) is 9.48 Å². The minimum Gasteiger partial charge on any atom is -0.496 e. The number of aliphatic hydroxyl groups is 1. The van der Waals surface area contributed by atoms with E-state index in [1.54, 1.807) is 43.8 Å². The number of likely N-dealkylation sites (N-methyl/N-ethyl adjacent to an activating group) is 1. The largest absolute Gasteiger partial charge is 0.496 e. The lowest BCUT2D eigenvalue weighted by Crippen LogP contribution is -2.42. The molecule has 6 heteroatoms. The van der Waals surface area contributed by atoms with Crippen molar-refractivity contribution >= 4 is 5.91 Å². The van der Waals surface area contributed by atoms with E-state index in [9.17, 15) is 9.90 Å². The summed E-state index contributed by atoms with van der Waals surface area (Å²) in [6, 6.07) is 7.48. The van der Waals surface area contributed by atoms with Crippen LogP contribution in [0.2, 0.25) is 0 Å². The maximum absolute atomic E-state index is 13.0. The average Bonchev–Trinajstić information content (AvgIpc) is 2.92. The van der Waals surface area contributed by atoms with Crippen LogP contribution in [0.1, 0.15) is 31.1 Å². The van der Waals surface area contributed by atoms with E-state index in [1.165, 1.54) is 0 Å². The van der Waals surface area contributed by atoms with Crippen molar-refractivity contribution in [2.24, 2.45) is 7.05 Å². The summed E-state index contributed by atoms with van der Waals surface area (Å²) in [5, 5.41) is 14.5. The van der Waals surface area contributed by atoms with Gasteiger partial charge in [0.05, 0.1) is 18.3 Å². The van der Waals surface area contributed by atoms with Crippen molar-refractivity contribution in [1.82, 2.24) is 14.7 Å². The molecule has 0 aliphatic carbocycles. The molecule has 130 valence electrons. The van der Waals surface area contributed by atoms with Gasteiger partial charge in [0.25, 0.3) is 5.91 Å². The number of carbonyl (C=O) groups excluding carboxylic acids is 1. The Labute approximate surface area is 142 Å². The Morgan fingerprint density at radius 2 is 2.04 bits per heavy atom. The van der Waals surface area contributed by atoms with Crippen molar-refractivity contribution in [3.05, 3.63) is 36.0 Å². The van der Waals surface area contributed by atoms with Gasteiger partial charge in [-0.25, -0.2) is 0 Å². The van der Waals surface area contributed by atoms with Gasteiger partial charge >= 0.3 is 0 Å². The van der Waals surface area contributed by atoms with Crippen LogP contribution in [-0.2, 0) is 7.05 Å². The van der Waals surface area contributed by atoms with E-state index in [2.05, 4.69) is 5.10 Å². The van der Waals surface area contributed by atoms with Gasteiger partial charge in [0.2, 0.25) is 0 Å². The molecule has 0 saturated carbocycles. The molecule has 2 rings (SSSR count). The Balaban J connectivity index is 2.46. The topological polar surface area (TPSA) is 67.6 Å². The number of carbonyl (C=O) groups is 1. The molecule has 2 aromatic rings. The maximum atomic E-state index is 13.0. The molecule has 1 aromatic heterocycles. The third-order valence-corrected chi connectivity index (χ3v) is 3.67. The molecule has 1 heterocycles. The summed E-state index contributed by atoms with van der Waals surface area (Å²) in [7, 11) is 3.37. The van der Waals surface area contributed by atoms with Gasteiger partial charge in [-0.15, -0.1) is 0 Å². The minimum atomic E-state index is -0.960. The second-order valence-corrected chi connectivity index (χ2v) is 6.40. The van der Waals surface area contributed by atoms with Crippen LogP contribution in [0, 0.1) is 0 Å². The van der Waals surface area contributed by atoms with E-state index >= 15 is 0 Å². The number of hydrogen-bond acceptors (Lipinski definition) is 4. The third-order valence-electron chi connectivity index (χ3n) is 3.67. The van der Waals surface area contributed by atoms with E-state index < -0.39 is 5.60 Å². The van der Waals surface area contributed by atoms with E-state index in [1.807, 2.05) is 31.2 Å². The zero-order valence-electron chi connectivity index (χ0n) is 14.9. The number of para-hydroxylation sites is 1. The quantitative estimate of drug-likeness (QED) is 0.882. The molecule has 24 heavy (non-hydrogen) atoms. The number of aromatic nitrogens is 2. The molecule has 0 fully saturated rings. The summed E-state index contributed by atoms with van der Waals surface area (Å²) in [5.74, 6) is 0.504. The van der Waals surface area contributed by atoms with Crippen LogP contribution in [0.5, 0.6) is 5.75 Å². The predicted molar refractivity (Wildman–Crippen MR) is 93.1 cm³/mol. The van der Waals surface area contributed by atoms with Crippen LogP contribution >= 0.6 is 0 Å². The summed E-state index contributed by atoms with van der Waals surface area (Å²) in [4.78, 5) is 14.6. The Bertz CT molecular complexity index is 717. The first-order chi connectivity index (χ1) is 11.3. The minimum absolute atomic E-state index is 0.159. The number of methoxy groups -OCH3 is 1. The van der Waals surface area contributed by atoms with Crippen molar-refractivity contribution in [2.45, 2.75) is 26.4 Å². The fraction of sp³-hybridized carbons (Fsp3) is 0.444. The van der Waals surface area contributed by atoms with Crippen molar-refractivity contribution in [1.29, 1.82) is 0 Å². The smallest absolute Gasteiger partial charge is 0.257 e. The highest BCUT2D eigenvalue weighted by atomic mass is 16.5. The first kappa shape index (κ1) is 18.0. The molecule has 0 spiro atoms. The average molecular weight is 331 g/mol. The number of rotatable bonds is 6. The van der Waals surface area contributed by atoms with Crippen molar-refractivity contribution in [3.8, 4) is 17.0 Å². The van der Waals surface area contributed by atoms with E-state index in [0.29, 0.717) is 23.6 Å². The zero-order chi connectivity index (χ0) is 17.9. The lowest BCUT2D eigenvalue weighted by atomic mass is 10.0. The van der Waals surface area contributed by atoms with Gasteiger partial charge in [-0.1, -0.05) is 12.1 Å². The van der Waals surface area contributed by atoms with E-state index in [4.69, 9.17) is 4.74 Å². The standard InChI is InChI=1S/C18H25N3O3/c1-6-21(12-18(2,3)23)17(22)14-11-20(4)19-16(14)13-9-7-8-10-15(13)24-5/h7-11,23H,6,12H2,1-5H3. The number of nitrogens with zero attached hydrogens (tertiary/aromatic N) is 3. The van der Waals surface area contributed by atoms with Gasteiger partial charge in [-0.05, 0) is 32.9 Å². The fourth-order valence-electron chi connectivity index (χ4n) is 2.65. The normalized spacial score (nSPS) is 11.4. The predicted octanol–water partition coefficient (Wildman–Crippen LogP) is 2.33. The molecule has 0 unspecified atom stereocenters. The van der Waals surface area contributed by atoms with Crippen molar-refractivity contribution in [2.75, 3.05) is 20.2 Å². The summed E-state index contributed by atoms with van der Waals surface area (Å²) in [6.45, 7) is 6.02. The van der Waals surface area contributed by atoms with Gasteiger partial charge in [0, 0.05) is 31.9 Å². The number of ether oxygens (including phenoxy) is 1. The Kier molecular flexibility index (Phi) is 5.29. The summed E-state index contributed by atoms with van der Waals surface area (Å²) >= 11 is 0. The highest BCUT2D eigenvalue weighted by molar-refractivity contribution is 6.00. The molecular formula is C18H25N3O3. The molecule has 0 radical (unpaired) electrons. The molecule has 1 aromatic carbocycles. The molecular weight excluding hydrogens is 306 g/mol. The zero-order valence-corrected chi connectivity index (χ0v) is 14.9. The molecule has 0 aliphatic rings. The van der Waals surface area contributed by atoms with Crippen LogP contribution in [-0.4, -0.2) is 51.5 Å². The molecule has 1 amide bonds. The number of benzene rings is 1. The lowest BCUT2D eigenvalue weighted by molar-refractivity contribution is 0.0315. The van der Waals surface area contributed by atoms with Crippen LogP contribution < -0.4 is 4.74 Å². The number of amides is 1. The molecule has 0 saturated heterocycles. The lowest BCUT2D eigenvalue weighted by Gasteiger charge is -2.28. The van der Waals surface area contributed by atoms with Gasteiger partial charge in [-0.2, -0.15) is 5.10 Å². The molecule has 0 bridgehead atoms. The third kappa shape index (κ3) is 3.94. The van der Waals surface area contributed by atoms with Crippen LogP contribution in [0.3, 0.4) is 0 Å². The monoisotopic (exact) mass is 331 g/mol. The van der Waals surface area contributed by atoms with Crippen molar-refractivity contribution in [3.63, 3.8) is 0 Å². The Morgan fingerprint density at radius 3 is 2.62 bits per heavy atom. The second kappa shape index (κ2) is 7.05. The SMILES string of the molecule is CCN(CC(C)(C)O)C(=O)c1cn(C)nc1-c1ccccc1OC. The molecule has 1 N–H and O–H groups in total. The summed E-state index contributed by atoms with van der Waals surface area (Å²) < 4.78 is 7.01. The highest BCUT2D eigenvalue weighted by Gasteiger charge is 2.26. The summed E-state index contributed by atoms with van der Waals surface area (Å²) in [6.07, 6.45) is 1.71. The fourth-order valence-corrected chi connectivity index (χ4v) is 2.65. The molecule has 0 aliphatic heterocycles. The molecule has 0 atom stereocenters. The first-order valence-corrected chi connectivity index (χ1v) is 7.95. The van der Waals surface area contributed by atoms with Crippen LogP contribution in [0.4, 0.5) is 0 Å². The van der Waals surface area contributed by atoms with Gasteiger partial charge < -0.3 is 14.7 Å². The van der Waals surface area contributed by atoms with Crippen LogP contribution in [0.25, 0.3) is 11.3 Å². The highest BCUT2D eigenvalue weighted by Crippen LogP contribution is 2.31. The van der Waals surface area contributed by atoms with Crippen LogP contribution in [0.15, 0.2) is 30.5 Å². The Hall–Kier alpha value is -2.34. The van der Waals surface area contributed by atoms with Gasteiger partial charge in [0.1, 0.15) is 11.4 Å². The second-order valence-electron chi connectivity index (χ2n) is 6.40. The maximum Gasteiger partial charge on any atom is 0.257 e. The van der Waals surface area contributed by atoms with Crippen molar-refractivity contribution < 1.29 is 14.6 Å². The number of hydrogen-bond donors (Lipinski definition) is 1. The summed E-state index contributed by atoms with van der Waals surface area (Å²) in [5.41, 5.74) is 0.879. The van der Waals surface area contributed by atoms with E-state index in [0.717, 1.165) is 5.56 Å². The Morgan fingerprint density at radius 1 is 1.38 bits per heavy atom. The first-order valence-electron chi connectivity index (χ1n) is 7.95. The number of aryl methyl sites for hydroxylation is 1.